The highest BCUT2D eigenvalue weighted by atomic mass is 79.9. The normalized spacial score (nSPS) is 30.1. The maximum absolute atomic E-state index is 5.96. The van der Waals surface area contributed by atoms with Gasteiger partial charge in [0, 0.05) is 13.0 Å². The number of methoxy groups -OCH3 is 1. The molecule has 4 unspecified atom stereocenters. The highest BCUT2D eigenvalue weighted by Gasteiger charge is 2.45. The molecule has 4 atom stereocenters. The van der Waals surface area contributed by atoms with Gasteiger partial charge in [-0.05, 0) is 35.2 Å². The molecule has 0 spiro atoms. The zero-order valence-electron chi connectivity index (χ0n) is 11.6. The molecule has 2 aliphatic rings. The fourth-order valence-corrected chi connectivity index (χ4v) is 4.01. The van der Waals surface area contributed by atoms with Gasteiger partial charge in [-0.15, -0.1) is 0 Å². The van der Waals surface area contributed by atoms with Crippen LogP contribution in [0.25, 0.3) is 0 Å². The van der Waals surface area contributed by atoms with Gasteiger partial charge >= 0.3 is 0 Å². The van der Waals surface area contributed by atoms with Crippen molar-refractivity contribution in [2.45, 2.75) is 44.1 Å². The lowest BCUT2D eigenvalue weighted by Crippen LogP contribution is -2.39. The van der Waals surface area contributed by atoms with Gasteiger partial charge in [-0.25, -0.2) is 0 Å². The lowest BCUT2D eigenvalue weighted by atomic mass is 9.83. The van der Waals surface area contributed by atoms with Crippen molar-refractivity contribution in [1.82, 2.24) is 15.2 Å². The smallest absolute Gasteiger partial charge is 0.0714 e. The molecule has 2 bridgehead atoms. The Morgan fingerprint density at radius 1 is 1.65 bits per heavy atom. The SMILES string of the molecule is COCCn1ncc(Br)c1C(NN)C1CC2CCC1O2. The number of nitrogens with one attached hydrogen (secondary N) is 1. The first kappa shape index (κ1) is 14.5. The average molecular weight is 345 g/mol. The van der Waals surface area contributed by atoms with Crippen LogP contribution in [0.2, 0.25) is 0 Å². The number of fused-ring (bicyclic) bond motifs is 2. The highest BCUT2D eigenvalue weighted by molar-refractivity contribution is 9.10. The molecule has 0 aromatic carbocycles. The molecule has 0 radical (unpaired) electrons. The molecule has 2 aliphatic heterocycles. The average Bonchev–Trinajstić information content (AvgIpc) is 3.15. The van der Waals surface area contributed by atoms with Gasteiger partial charge in [-0.2, -0.15) is 5.10 Å². The summed E-state index contributed by atoms with van der Waals surface area (Å²) in [5.41, 5.74) is 4.07. The minimum absolute atomic E-state index is 0.0547. The molecule has 20 heavy (non-hydrogen) atoms. The second-order valence-corrected chi connectivity index (χ2v) is 6.37. The van der Waals surface area contributed by atoms with Crippen molar-refractivity contribution in [1.29, 1.82) is 0 Å². The number of hydrazine groups is 1. The number of nitrogens with zero attached hydrogens (tertiary/aromatic N) is 2. The van der Waals surface area contributed by atoms with Gasteiger partial charge < -0.3 is 9.47 Å². The second-order valence-electron chi connectivity index (χ2n) is 5.51. The number of ether oxygens (including phenoxy) is 2. The molecular formula is C13H21BrN4O2. The van der Waals surface area contributed by atoms with Crippen LogP contribution in [0.3, 0.4) is 0 Å². The summed E-state index contributed by atoms with van der Waals surface area (Å²) in [4.78, 5) is 0. The molecule has 3 rings (SSSR count). The summed E-state index contributed by atoms with van der Waals surface area (Å²) < 4.78 is 14.1. The van der Waals surface area contributed by atoms with Gasteiger partial charge in [-0.1, -0.05) is 0 Å². The van der Waals surface area contributed by atoms with Crippen LogP contribution in [0.5, 0.6) is 0 Å². The van der Waals surface area contributed by atoms with Crippen LogP contribution in [0.15, 0.2) is 10.7 Å². The molecular weight excluding hydrogens is 324 g/mol. The van der Waals surface area contributed by atoms with Crippen molar-refractivity contribution >= 4 is 15.9 Å². The fraction of sp³-hybridized carbons (Fsp3) is 0.769. The van der Waals surface area contributed by atoms with Crippen LogP contribution in [0.1, 0.15) is 31.0 Å². The summed E-state index contributed by atoms with van der Waals surface area (Å²) in [6.45, 7) is 1.35. The van der Waals surface area contributed by atoms with Crippen LogP contribution in [-0.2, 0) is 16.0 Å². The van der Waals surface area contributed by atoms with E-state index in [4.69, 9.17) is 15.3 Å². The van der Waals surface area contributed by atoms with E-state index >= 15 is 0 Å². The maximum Gasteiger partial charge on any atom is 0.0714 e. The lowest BCUT2D eigenvalue weighted by molar-refractivity contribution is 0.0846. The summed E-state index contributed by atoms with van der Waals surface area (Å²) >= 11 is 3.59. The molecule has 3 heterocycles. The van der Waals surface area contributed by atoms with Gasteiger partial charge in [0.05, 0.1) is 47.8 Å². The van der Waals surface area contributed by atoms with Crippen molar-refractivity contribution in [2.24, 2.45) is 11.8 Å². The maximum atomic E-state index is 5.96. The van der Waals surface area contributed by atoms with Gasteiger partial charge in [0.15, 0.2) is 0 Å². The summed E-state index contributed by atoms with van der Waals surface area (Å²) in [5, 5.41) is 4.41. The van der Waals surface area contributed by atoms with E-state index in [1.807, 2.05) is 10.9 Å². The van der Waals surface area contributed by atoms with Crippen LogP contribution >= 0.6 is 15.9 Å². The topological polar surface area (TPSA) is 74.3 Å². The molecule has 3 N–H and O–H groups in total. The van der Waals surface area contributed by atoms with Gasteiger partial charge in [0.25, 0.3) is 0 Å². The quantitative estimate of drug-likeness (QED) is 0.602. The molecule has 0 saturated carbocycles. The van der Waals surface area contributed by atoms with Crippen LogP contribution in [0.4, 0.5) is 0 Å². The number of hydrogen-bond acceptors (Lipinski definition) is 5. The van der Waals surface area contributed by atoms with E-state index in [9.17, 15) is 0 Å². The van der Waals surface area contributed by atoms with E-state index in [2.05, 4.69) is 26.5 Å². The van der Waals surface area contributed by atoms with E-state index in [1.165, 1.54) is 6.42 Å². The minimum Gasteiger partial charge on any atom is -0.383 e. The zero-order chi connectivity index (χ0) is 14.1. The Labute approximate surface area is 127 Å². The fourth-order valence-electron chi connectivity index (χ4n) is 3.47. The van der Waals surface area contributed by atoms with Crippen molar-refractivity contribution in [3.8, 4) is 0 Å². The Bertz CT molecular complexity index is 467. The third kappa shape index (κ3) is 2.53. The van der Waals surface area contributed by atoms with Gasteiger partial charge in [0.1, 0.15) is 0 Å². The van der Waals surface area contributed by atoms with Crippen molar-refractivity contribution < 1.29 is 9.47 Å². The standard InChI is InChI=1S/C13H21BrN4O2/c1-19-5-4-18-13(10(14)7-16-18)12(17-15)9-6-8-2-3-11(9)20-8/h7-9,11-12,17H,2-6,15H2,1H3. The summed E-state index contributed by atoms with van der Waals surface area (Å²) in [6.07, 6.45) is 5.94. The number of hydrogen-bond donors (Lipinski definition) is 2. The molecule has 1 aromatic rings. The molecule has 7 heteroatoms. The van der Waals surface area contributed by atoms with E-state index in [1.54, 1.807) is 7.11 Å². The van der Waals surface area contributed by atoms with E-state index in [0.717, 1.165) is 29.6 Å². The van der Waals surface area contributed by atoms with Crippen molar-refractivity contribution in [3.05, 3.63) is 16.4 Å². The molecule has 112 valence electrons. The Morgan fingerprint density at radius 3 is 3.10 bits per heavy atom. The molecule has 1 aromatic heterocycles. The van der Waals surface area contributed by atoms with Crippen LogP contribution < -0.4 is 11.3 Å². The number of aromatic nitrogens is 2. The molecule has 0 amide bonds. The van der Waals surface area contributed by atoms with Crippen LogP contribution in [0, 0.1) is 5.92 Å². The molecule has 0 aliphatic carbocycles. The van der Waals surface area contributed by atoms with E-state index < -0.39 is 0 Å². The Morgan fingerprint density at radius 2 is 2.50 bits per heavy atom. The first-order valence-corrected chi connectivity index (χ1v) is 7.85. The molecule has 2 saturated heterocycles. The lowest BCUT2D eigenvalue weighted by Gasteiger charge is -2.28. The third-order valence-corrected chi connectivity index (χ3v) is 5.01. The first-order chi connectivity index (χ1) is 9.74. The summed E-state index contributed by atoms with van der Waals surface area (Å²) in [6, 6.07) is 0.0547. The van der Waals surface area contributed by atoms with Crippen molar-refractivity contribution in [2.75, 3.05) is 13.7 Å². The highest BCUT2D eigenvalue weighted by Crippen LogP contribution is 2.45. The molecule has 6 nitrogen and oxygen atoms in total. The summed E-state index contributed by atoms with van der Waals surface area (Å²) in [7, 11) is 1.70. The van der Waals surface area contributed by atoms with Gasteiger partial charge in [-0.3, -0.25) is 16.0 Å². The zero-order valence-corrected chi connectivity index (χ0v) is 13.2. The Balaban J connectivity index is 1.83. The van der Waals surface area contributed by atoms with Crippen LogP contribution in [-0.4, -0.2) is 35.7 Å². The van der Waals surface area contributed by atoms with E-state index in [-0.39, 0.29) is 6.04 Å². The number of nitrogens with two attached hydrogens (primary N) is 1. The minimum atomic E-state index is 0.0547. The Kier molecular flexibility index (Phi) is 4.42. The number of halogens is 1. The van der Waals surface area contributed by atoms with E-state index in [0.29, 0.717) is 24.7 Å². The predicted molar refractivity (Wildman–Crippen MR) is 77.9 cm³/mol. The summed E-state index contributed by atoms with van der Waals surface area (Å²) in [5.74, 6) is 6.25. The van der Waals surface area contributed by atoms with Crippen molar-refractivity contribution in [3.63, 3.8) is 0 Å². The predicted octanol–water partition coefficient (Wildman–Crippen LogP) is 1.36. The largest absolute Gasteiger partial charge is 0.383 e. The van der Waals surface area contributed by atoms with Gasteiger partial charge in [0.2, 0.25) is 0 Å². The number of rotatable bonds is 6. The Hall–Kier alpha value is -0.470. The molecule has 2 fully saturated rings. The second kappa shape index (κ2) is 6.11. The monoisotopic (exact) mass is 344 g/mol. The first-order valence-electron chi connectivity index (χ1n) is 7.06. The third-order valence-electron chi connectivity index (χ3n) is 4.40.